The molecule has 0 radical (unpaired) electrons. The Labute approximate surface area is 193 Å². The molecular formula is C25H31N3O3S. The first kappa shape index (κ1) is 22.7. The second kappa shape index (κ2) is 10.9. The van der Waals surface area contributed by atoms with E-state index in [1.165, 1.54) is 5.56 Å². The molecule has 0 amide bonds. The normalized spacial score (nSPS) is 19.3. The van der Waals surface area contributed by atoms with Crippen LogP contribution in [0.25, 0.3) is 10.9 Å². The lowest BCUT2D eigenvalue weighted by molar-refractivity contribution is -0.146. The van der Waals surface area contributed by atoms with E-state index in [-0.39, 0.29) is 11.8 Å². The first-order valence-corrected chi connectivity index (χ1v) is 12.3. The number of ether oxygens (including phenoxy) is 1. The number of fused-ring (bicyclic) bond motifs is 1. The second-order valence-corrected chi connectivity index (χ2v) is 9.55. The summed E-state index contributed by atoms with van der Waals surface area (Å²) in [7, 11) is 1.68. The minimum atomic E-state index is -0.654. The van der Waals surface area contributed by atoms with Crippen molar-refractivity contribution < 1.29 is 14.6 Å². The lowest BCUT2D eigenvalue weighted by atomic mass is 9.81. The van der Waals surface area contributed by atoms with Gasteiger partial charge in [-0.25, -0.2) is 4.98 Å². The second-order valence-electron chi connectivity index (χ2n) is 8.57. The van der Waals surface area contributed by atoms with Crippen LogP contribution in [0.4, 0.5) is 0 Å². The van der Waals surface area contributed by atoms with Crippen LogP contribution in [0.2, 0.25) is 0 Å². The predicted molar refractivity (Wildman–Crippen MR) is 127 cm³/mol. The first-order chi connectivity index (χ1) is 15.6. The van der Waals surface area contributed by atoms with Crippen molar-refractivity contribution in [2.45, 2.75) is 38.5 Å². The molecule has 6 nitrogen and oxygen atoms in total. The molecule has 1 N–H and O–H groups in total. The summed E-state index contributed by atoms with van der Waals surface area (Å²) in [4.78, 5) is 23.1. The average molecular weight is 454 g/mol. The van der Waals surface area contributed by atoms with Crippen LogP contribution in [0.1, 0.15) is 36.3 Å². The Hall–Kier alpha value is -2.51. The zero-order valence-electron chi connectivity index (χ0n) is 18.6. The molecule has 1 aromatic carbocycles. The summed E-state index contributed by atoms with van der Waals surface area (Å²) in [5.41, 5.74) is 2.22. The topological polar surface area (TPSA) is 75.5 Å². The Kier molecular flexibility index (Phi) is 7.71. The van der Waals surface area contributed by atoms with Crippen molar-refractivity contribution in [1.29, 1.82) is 0 Å². The number of hydrogen-bond donors (Lipinski definition) is 1. The van der Waals surface area contributed by atoms with Crippen LogP contribution >= 0.6 is 11.3 Å². The number of aryl methyl sites for hydroxylation is 2. The van der Waals surface area contributed by atoms with Gasteiger partial charge in [0, 0.05) is 36.1 Å². The molecule has 0 spiro atoms. The van der Waals surface area contributed by atoms with Gasteiger partial charge < -0.3 is 14.7 Å². The van der Waals surface area contributed by atoms with E-state index in [1.54, 1.807) is 18.4 Å². The van der Waals surface area contributed by atoms with Crippen LogP contribution in [0.3, 0.4) is 0 Å². The van der Waals surface area contributed by atoms with Crippen molar-refractivity contribution in [3.63, 3.8) is 0 Å². The molecule has 0 bridgehead atoms. The Balaban J connectivity index is 1.30. The van der Waals surface area contributed by atoms with Gasteiger partial charge in [-0.3, -0.25) is 9.78 Å². The summed E-state index contributed by atoms with van der Waals surface area (Å²) >= 11 is 1.69. The molecule has 0 aliphatic carbocycles. The van der Waals surface area contributed by atoms with Crippen LogP contribution in [-0.2, 0) is 17.6 Å². The molecule has 3 aromatic rings. The number of carboxylic acids is 1. The standard InChI is InChI=1S/C25H31N3O3S/c1-31-20-7-8-23-21(16-20)18(9-11-26-23)4-2-5-19-10-14-28(17-22(19)25(29)30)13-3-6-24-27-12-15-32-24/h7-9,11-12,15-16,19,22H,2-6,10,13-14,17H2,1H3,(H,29,30)/t19-,22+/m1/s1. The Morgan fingerprint density at radius 1 is 1.22 bits per heavy atom. The largest absolute Gasteiger partial charge is 0.497 e. The van der Waals surface area contributed by atoms with Gasteiger partial charge in [-0.15, -0.1) is 11.3 Å². The van der Waals surface area contributed by atoms with E-state index in [4.69, 9.17) is 4.74 Å². The third-order valence-corrected chi connectivity index (χ3v) is 7.41. The molecule has 1 saturated heterocycles. The quantitative estimate of drug-likeness (QED) is 0.480. The summed E-state index contributed by atoms with van der Waals surface area (Å²) in [6, 6.07) is 8.03. The molecule has 7 heteroatoms. The van der Waals surface area contributed by atoms with Gasteiger partial charge >= 0.3 is 5.97 Å². The predicted octanol–water partition coefficient (Wildman–Crippen LogP) is 4.68. The number of likely N-dealkylation sites (tertiary alicyclic amines) is 1. The van der Waals surface area contributed by atoms with E-state index in [0.717, 1.165) is 73.3 Å². The van der Waals surface area contributed by atoms with E-state index >= 15 is 0 Å². The highest BCUT2D eigenvalue weighted by Gasteiger charge is 2.33. The number of piperidine rings is 1. The zero-order valence-corrected chi connectivity index (χ0v) is 19.4. The molecule has 1 fully saturated rings. The van der Waals surface area contributed by atoms with Crippen molar-refractivity contribution in [3.05, 3.63) is 52.6 Å². The van der Waals surface area contributed by atoms with Crippen molar-refractivity contribution in [2.75, 3.05) is 26.7 Å². The Bertz CT molecular complexity index is 1020. The van der Waals surface area contributed by atoms with Crippen molar-refractivity contribution in [1.82, 2.24) is 14.9 Å². The van der Waals surface area contributed by atoms with Gasteiger partial charge in [0.2, 0.25) is 0 Å². The van der Waals surface area contributed by atoms with E-state index in [1.807, 2.05) is 36.0 Å². The maximum absolute atomic E-state index is 12.0. The maximum Gasteiger partial charge on any atom is 0.308 e. The summed E-state index contributed by atoms with van der Waals surface area (Å²) in [6.07, 6.45) is 9.51. The maximum atomic E-state index is 12.0. The van der Waals surface area contributed by atoms with Gasteiger partial charge in [0.05, 0.1) is 23.6 Å². The van der Waals surface area contributed by atoms with Gasteiger partial charge in [0.15, 0.2) is 0 Å². The van der Waals surface area contributed by atoms with Crippen LogP contribution < -0.4 is 4.74 Å². The highest BCUT2D eigenvalue weighted by molar-refractivity contribution is 7.09. The van der Waals surface area contributed by atoms with Crippen molar-refractivity contribution >= 4 is 28.2 Å². The minimum absolute atomic E-state index is 0.241. The summed E-state index contributed by atoms with van der Waals surface area (Å²) in [5.74, 6) is 0.141. The molecule has 1 aliphatic heterocycles. The van der Waals surface area contributed by atoms with Gasteiger partial charge in [-0.1, -0.05) is 0 Å². The average Bonchev–Trinajstić information content (AvgIpc) is 3.33. The number of rotatable bonds is 10. The fraction of sp³-hybridized carbons (Fsp3) is 0.480. The SMILES string of the molecule is COc1ccc2nccc(CCC[C@@H]3CCN(CCCc4nccs4)C[C@@H]3C(=O)O)c2c1. The van der Waals surface area contributed by atoms with Gasteiger partial charge in [0.25, 0.3) is 0 Å². The van der Waals surface area contributed by atoms with Crippen LogP contribution in [0, 0.1) is 11.8 Å². The fourth-order valence-electron chi connectivity index (χ4n) is 4.81. The van der Waals surface area contributed by atoms with E-state index < -0.39 is 5.97 Å². The van der Waals surface area contributed by atoms with E-state index in [9.17, 15) is 9.90 Å². The monoisotopic (exact) mass is 453 g/mol. The molecule has 2 atom stereocenters. The fourth-order valence-corrected chi connectivity index (χ4v) is 5.47. The van der Waals surface area contributed by atoms with E-state index in [0.29, 0.717) is 6.54 Å². The molecule has 170 valence electrons. The number of thiazole rings is 1. The summed E-state index contributed by atoms with van der Waals surface area (Å²) < 4.78 is 5.38. The van der Waals surface area contributed by atoms with Crippen LogP contribution in [-0.4, -0.2) is 52.7 Å². The van der Waals surface area contributed by atoms with Gasteiger partial charge in [-0.05, 0) is 80.9 Å². The smallest absolute Gasteiger partial charge is 0.308 e. The minimum Gasteiger partial charge on any atom is -0.497 e. The lowest BCUT2D eigenvalue weighted by Gasteiger charge is -2.36. The first-order valence-electron chi connectivity index (χ1n) is 11.4. The Morgan fingerprint density at radius 3 is 2.91 bits per heavy atom. The van der Waals surface area contributed by atoms with Crippen LogP contribution in [0.5, 0.6) is 5.75 Å². The van der Waals surface area contributed by atoms with Crippen molar-refractivity contribution in [2.24, 2.45) is 11.8 Å². The number of carboxylic acid groups (broad SMARTS) is 1. The number of hydrogen-bond acceptors (Lipinski definition) is 6. The third kappa shape index (κ3) is 5.64. The molecule has 32 heavy (non-hydrogen) atoms. The number of nitrogens with zero attached hydrogens (tertiary/aromatic N) is 3. The Morgan fingerprint density at radius 2 is 2.12 bits per heavy atom. The summed E-state index contributed by atoms with van der Waals surface area (Å²) in [6.45, 7) is 2.59. The molecule has 0 unspecified atom stereocenters. The number of benzene rings is 1. The molecule has 2 aromatic heterocycles. The zero-order chi connectivity index (χ0) is 22.3. The highest BCUT2D eigenvalue weighted by atomic mass is 32.1. The number of carbonyl (C=O) groups is 1. The molecular weight excluding hydrogens is 422 g/mol. The number of aromatic nitrogens is 2. The summed E-state index contributed by atoms with van der Waals surface area (Å²) in [5, 5.41) is 14.2. The van der Waals surface area contributed by atoms with Crippen LogP contribution in [0.15, 0.2) is 42.0 Å². The number of aliphatic carboxylic acids is 1. The number of methoxy groups -OCH3 is 1. The van der Waals surface area contributed by atoms with Crippen molar-refractivity contribution in [3.8, 4) is 5.75 Å². The molecule has 3 heterocycles. The lowest BCUT2D eigenvalue weighted by Crippen LogP contribution is -2.44. The van der Waals surface area contributed by atoms with Gasteiger partial charge in [0.1, 0.15) is 5.75 Å². The third-order valence-electron chi connectivity index (χ3n) is 6.57. The highest BCUT2D eigenvalue weighted by Crippen LogP contribution is 2.30. The van der Waals surface area contributed by atoms with E-state index in [2.05, 4.69) is 20.9 Å². The molecule has 4 rings (SSSR count). The molecule has 0 saturated carbocycles. The van der Waals surface area contributed by atoms with Gasteiger partial charge in [-0.2, -0.15) is 0 Å². The molecule has 1 aliphatic rings. The number of pyridine rings is 1.